The molecule has 0 amide bonds. The average molecular weight is 380 g/mol. The molecule has 1 fully saturated rings. The van der Waals surface area contributed by atoms with Crippen LogP contribution in [0.5, 0.6) is 0 Å². The largest absolute Gasteiger partial charge is 0.465 e. The van der Waals surface area contributed by atoms with Crippen molar-refractivity contribution in [2.24, 2.45) is 0 Å². The first kappa shape index (κ1) is 18.8. The molecule has 0 spiro atoms. The second kappa shape index (κ2) is 7.13. The number of methoxy groups -OCH3 is 1. The maximum Gasteiger partial charge on any atom is 0.342 e. The molecule has 0 unspecified atom stereocenters. The van der Waals surface area contributed by atoms with Gasteiger partial charge < -0.3 is 4.74 Å². The van der Waals surface area contributed by atoms with Gasteiger partial charge in [0, 0.05) is 19.6 Å². The fourth-order valence-electron chi connectivity index (χ4n) is 2.35. The first-order chi connectivity index (χ1) is 11.2. The highest BCUT2D eigenvalue weighted by Gasteiger charge is 2.29. The number of sulfonamides is 2. The first-order valence-corrected chi connectivity index (χ1v) is 10.1. The second-order valence-corrected chi connectivity index (χ2v) is 8.89. The topological polar surface area (TPSA) is 110 Å². The number of benzene rings is 1. The number of hydrogen-bond acceptors (Lipinski definition) is 6. The van der Waals surface area contributed by atoms with E-state index in [2.05, 4.69) is 9.46 Å². The molecule has 11 heteroatoms. The van der Waals surface area contributed by atoms with Crippen LogP contribution >= 0.6 is 0 Å². The molecule has 8 nitrogen and oxygen atoms in total. The van der Waals surface area contributed by atoms with Gasteiger partial charge in [0.15, 0.2) is 0 Å². The van der Waals surface area contributed by atoms with Crippen LogP contribution in [0, 0.1) is 5.82 Å². The van der Waals surface area contributed by atoms with Crippen molar-refractivity contribution < 1.29 is 30.8 Å². The van der Waals surface area contributed by atoms with Crippen LogP contribution in [0.4, 0.5) is 4.39 Å². The Balaban J connectivity index is 2.17. The number of nitrogens with one attached hydrogen (secondary N) is 1. The Morgan fingerprint density at radius 3 is 2.71 bits per heavy atom. The number of esters is 1. The van der Waals surface area contributed by atoms with Crippen molar-refractivity contribution in [3.63, 3.8) is 0 Å². The van der Waals surface area contributed by atoms with Crippen LogP contribution in [0.25, 0.3) is 0 Å². The summed E-state index contributed by atoms with van der Waals surface area (Å²) in [4.78, 5) is 11.1. The van der Waals surface area contributed by atoms with Crippen molar-refractivity contribution in [2.75, 3.05) is 32.5 Å². The van der Waals surface area contributed by atoms with E-state index in [1.165, 1.54) is 4.31 Å². The fraction of sp³-hybridized carbons (Fsp3) is 0.462. The van der Waals surface area contributed by atoms with E-state index < -0.39 is 42.3 Å². The maximum absolute atomic E-state index is 13.8. The summed E-state index contributed by atoms with van der Waals surface area (Å²) in [7, 11) is -6.54. The van der Waals surface area contributed by atoms with Gasteiger partial charge in [-0.15, -0.1) is 0 Å². The lowest BCUT2D eigenvalue weighted by atomic mass is 10.2. The van der Waals surface area contributed by atoms with Crippen molar-refractivity contribution in [3.05, 3.63) is 29.6 Å². The molecule has 134 valence electrons. The predicted octanol–water partition coefficient (Wildman–Crippen LogP) is -0.0739. The van der Waals surface area contributed by atoms with Gasteiger partial charge in [-0.25, -0.2) is 35.0 Å². The predicted molar refractivity (Wildman–Crippen MR) is 82.9 cm³/mol. The first-order valence-electron chi connectivity index (χ1n) is 7.03. The molecule has 1 saturated heterocycles. The molecule has 0 bridgehead atoms. The van der Waals surface area contributed by atoms with Gasteiger partial charge in [-0.2, -0.15) is 0 Å². The van der Waals surface area contributed by atoms with Gasteiger partial charge in [0.05, 0.1) is 17.8 Å². The lowest BCUT2D eigenvalue weighted by molar-refractivity contribution is 0.0590. The zero-order valence-electron chi connectivity index (χ0n) is 12.9. The summed E-state index contributed by atoms with van der Waals surface area (Å²) in [5.74, 6) is -2.10. The fourth-order valence-corrected chi connectivity index (χ4v) is 5.10. The summed E-state index contributed by atoms with van der Waals surface area (Å²) in [5.41, 5.74) is -0.693. The second-order valence-electron chi connectivity index (χ2n) is 5.07. The van der Waals surface area contributed by atoms with Crippen molar-refractivity contribution >= 4 is 26.0 Å². The van der Waals surface area contributed by atoms with Crippen molar-refractivity contribution in [3.8, 4) is 0 Å². The SMILES string of the molecule is COC(=O)c1c(F)cccc1S(=O)(=O)NCCN1CCCS1(=O)=O. The number of nitrogens with zero attached hydrogens (tertiary/aromatic N) is 1. The van der Waals surface area contributed by atoms with Gasteiger partial charge in [0.2, 0.25) is 20.0 Å². The molecule has 0 aliphatic carbocycles. The summed E-state index contributed by atoms with van der Waals surface area (Å²) >= 11 is 0. The molecule has 1 aliphatic rings. The summed E-state index contributed by atoms with van der Waals surface area (Å²) in [6.07, 6.45) is 0.492. The minimum Gasteiger partial charge on any atom is -0.465 e. The molecule has 1 aliphatic heterocycles. The van der Waals surface area contributed by atoms with E-state index >= 15 is 0 Å². The van der Waals surface area contributed by atoms with Gasteiger partial charge in [-0.3, -0.25) is 0 Å². The smallest absolute Gasteiger partial charge is 0.342 e. The Kier molecular flexibility index (Phi) is 5.58. The van der Waals surface area contributed by atoms with Gasteiger partial charge >= 0.3 is 5.97 Å². The molecular formula is C13H17FN2O6S2. The molecule has 2 rings (SSSR count). The minimum atomic E-state index is -4.21. The number of halogens is 1. The van der Waals surface area contributed by atoms with E-state index in [1.54, 1.807) is 0 Å². The number of carbonyl (C=O) groups excluding carboxylic acids is 1. The summed E-state index contributed by atoms with van der Waals surface area (Å²) in [5, 5.41) is 0. The van der Waals surface area contributed by atoms with E-state index in [4.69, 9.17) is 0 Å². The van der Waals surface area contributed by atoms with Crippen LogP contribution in [0.2, 0.25) is 0 Å². The Hall–Kier alpha value is -1.56. The van der Waals surface area contributed by atoms with Crippen LogP contribution in [0.3, 0.4) is 0 Å². The summed E-state index contributed by atoms with van der Waals surface area (Å²) in [6, 6.07) is 3.17. The highest BCUT2D eigenvalue weighted by atomic mass is 32.2. The molecule has 0 aromatic heterocycles. The van der Waals surface area contributed by atoms with Gasteiger partial charge in [-0.1, -0.05) is 6.07 Å². The lowest BCUT2D eigenvalue weighted by Crippen LogP contribution is -2.36. The molecule has 1 heterocycles. The van der Waals surface area contributed by atoms with Crippen molar-refractivity contribution in [1.82, 2.24) is 9.03 Å². The quantitative estimate of drug-likeness (QED) is 0.692. The van der Waals surface area contributed by atoms with Crippen LogP contribution in [0.15, 0.2) is 23.1 Å². The molecule has 24 heavy (non-hydrogen) atoms. The Bertz CT molecular complexity index is 838. The number of ether oxygens (including phenoxy) is 1. The Morgan fingerprint density at radius 2 is 2.12 bits per heavy atom. The van der Waals surface area contributed by atoms with Crippen molar-refractivity contribution in [1.29, 1.82) is 0 Å². The third-order valence-electron chi connectivity index (χ3n) is 3.51. The molecule has 0 atom stereocenters. The zero-order chi connectivity index (χ0) is 18.0. The van der Waals surface area contributed by atoms with E-state index in [0.717, 1.165) is 25.3 Å². The normalized spacial score (nSPS) is 17.8. The highest BCUT2D eigenvalue weighted by molar-refractivity contribution is 7.89. The monoisotopic (exact) mass is 380 g/mol. The number of hydrogen-bond donors (Lipinski definition) is 1. The van der Waals surface area contributed by atoms with E-state index in [9.17, 15) is 26.0 Å². The molecule has 1 aromatic rings. The van der Waals surface area contributed by atoms with Gasteiger partial charge in [0.1, 0.15) is 11.4 Å². The molecule has 1 aromatic carbocycles. The van der Waals surface area contributed by atoms with Crippen LogP contribution in [-0.2, 0) is 24.8 Å². The van der Waals surface area contributed by atoms with Crippen molar-refractivity contribution in [2.45, 2.75) is 11.3 Å². The average Bonchev–Trinajstić information content (AvgIpc) is 2.85. The third kappa shape index (κ3) is 3.91. The summed E-state index contributed by atoms with van der Waals surface area (Å²) in [6.45, 7) is 0.0978. The minimum absolute atomic E-state index is 0.0373. The van der Waals surface area contributed by atoms with Crippen LogP contribution in [-0.4, -0.2) is 59.6 Å². The Morgan fingerprint density at radius 1 is 1.42 bits per heavy atom. The van der Waals surface area contributed by atoms with Crippen LogP contribution < -0.4 is 4.72 Å². The van der Waals surface area contributed by atoms with E-state index in [-0.39, 0.29) is 18.8 Å². The van der Waals surface area contributed by atoms with Gasteiger partial charge in [-0.05, 0) is 18.6 Å². The number of carbonyl (C=O) groups is 1. The summed E-state index contributed by atoms with van der Waals surface area (Å²) < 4.78 is 69.5. The van der Waals surface area contributed by atoms with E-state index in [1.807, 2.05) is 0 Å². The Labute approximate surface area is 139 Å². The zero-order valence-corrected chi connectivity index (χ0v) is 14.5. The van der Waals surface area contributed by atoms with Crippen LogP contribution in [0.1, 0.15) is 16.8 Å². The molecular weight excluding hydrogens is 363 g/mol. The van der Waals surface area contributed by atoms with Gasteiger partial charge in [0.25, 0.3) is 0 Å². The number of rotatable bonds is 6. The highest BCUT2D eigenvalue weighted by Crippen LogP contribution is 2.20. The maximum atomic E-state index is 13.8. The molecule has 0 radical (unpaired) electrons. The third-order valence-corrected chi connectivity index (χ3v) is 6.97. The lowest BCUT2D eigenvalue weighted by Gasteiger charge is -2.15. The standard InChI is InChI=1S/C13H17FN2O6S2/c1-22-13(17)12-10(14)4-2-5-11(12)24(20,21)15-6-8-16-7-3-9-23(16,18)19/h2,4-5,15H,3,6-9H2,1H3. The molecule has 1 N–H and O–H groups in total. The molecule has 0 saturated carbocycles. The van der Waals surface area contributed by atoms with E-state index in [0.29, 0.717) is 13.0 Å².